The van der Waals surface area contributed by atoms with Gasteiger partial charge in [0, 0.05) is 24.9 Å². The van der Waals surface area contributed by atoms with Gasteiger partial charge in [0.25, 0.3) is 0 Å². The van der Waals surface area contributed by atoms with Crippen LogP contribution in [0.4, 0.5) is 0 Å². The van der Waals surface area contributed by atoms with Crippen LogP contribution in [-0.2, 0) is 19.2 Å². The molecule has 0 radical (unpaired) electrons. The molecule has 124 valence electrons. The fraction of sp³-hybridized carbons (Fsp3) is 0.600. The predicted octanol–water partition coefficient (Wildman–Crippen LogP) is -4.10. The quantitative estimate of drug-likeness (QED) is 0.310. The average Bonchev–Trinajstić information content (AvgIpc) is 2.33. The molecule has 0 fully saturated rings. The Balaban J connectivity index is -0.000000135. The first-order valence-corrected chi connectivity index (χ1v) is 5.44. The number of hydrogen-bond donors (Lipinski definition) is 4. The maximum Gasteiger partial charge on any atom is 2.00 e. The summed E-state index contributed by atoms with van der Waals surface area (Å²) in [6.45, 7) is 0. The van der Waals surface area contributed by atoms with Crippen molar-refractivity contribution in [3.05, 3.63) is 0 Å². The number of nitrogens with two attached hydrogens (primary N) is 2. The molecule has 0 rings (SSSR count). The van der Waals surface area contributed by atoms with Gasteiger partial charge in [0.1, 0.15) is 0 Å². The van der Waals surface area contributed by atoms with Crippen LogP contribution in [0.15, 0.2) is 0 Å². The molecule has 0 saturated carbocycles. The molecule has 0 aromatic rings. The van der Waals surface area contributed by atoms with Crippen molar-refractivity contribution < 1.29 is 39.6 Å². The van der Waals surface area contributed by atoms with E-state index < -0.39 is 36.0 Å². The summed E-state index contributed by atoms with van der Waals surface area (Å²) in [6, 6.07) is -2.34. The molecule has 0 amide bonds. The van der Waals surface area contributed by atoms with E-state index >= 15 is 0 Å². The second-order valence-electron chi connectivity index (χ2n) is 3.72. The number of carbonyl (C=O) groups is 4. The van der Waals surface area contributed by atoms with E-state index in [-0.39, 0.29) is 61.1 Å². The Kier molecular flexibility index (Phi) is 21.4. The van der Waals surface area contributed by atoms with Crippen molar-refractivity contribution in [1.82, 2.24) is 0 Å². The van der Waals surface area contributed by atoms with Gasteiger partial charge in [-0.1, -0.05) is 0 Å². The van der Waals surface area contributed by atoms with E-state index in [0.717, 1.165) is 0 Å². The summed E-state index contributed by atoms with van der Waals surface area (Å²) in [5.74, 6) is -4.95. The van der Waals surface area contributed by atoms with Crippen LogP contribution >= 0.6 is 12.4 Å². The molecular formula is C10H17ClMgN2O8. The topological polar surface area (TPSA) is 207 Å². The maximum absolute atomic E-state index is 9.88. The Hall–Kier alpha value is -1.14. The summed E-state index contributed by atoms with van der Waals surface area (Å²) in [5, 5.41) is 35.9. The van der Waals surface area contributed by atoms with Gasteiger partial charge >= 0.3 is 35.0 Å². The normalized spacial score (nSPS) is 11.4. The van der Waals surface area contributed by atoms with Gasteiger partial charge in [-0.15, -0.1) is 12.4 Å². The van der Waals surface area contributed by atoms with Crippen molar-refractivity contribution in [2.24, 2.45) is 11.5 Å². The van der Waals surface area contributed by atoms with E-state index in [2.05, 4.69) is 0 Å². The van der Waals surface area contributed by atoms with Gasteiger partial charge in [-0.25, -0.2) is 0 Å². The van der Waals surface area contributed by atoms with Crippen LogP contribution < -0.4 is 21.7 Å². The second kappa shape index (κ2) is 16.2. The molecule has 0 aliphatic heterocycles. The van der Waals surface area contributed by atoms with Crippen LogP contribution in [-0.4, -0.2) is 69.2 Å². The summed E-state index contributed by atoms with van der Waals surface area (Å²) in [7, 11) is 0. The molecule has 12 heteroatoms. The zero-order valence-electron chi connectivity index (χ0n) is 11.6. The van der Waals surface area contributed by atoms with Gasteiger partial charge in [-0.3, -0.25) is 9.59 Å². The number of rotatable bonds is 8. The Morgan fingerprint density at radius 1 is 0.818 bits per heavy atom. The molecule has 6 N–H and O–H groups in total. The van der Waals surface area contributed by atoms with Crippen molar-refractivity contribution in [2.45, 2.75) is 37.8 Å². The standard InChI is InChI=1S/2C5H9NO4.ClH.Mg/c2*6-3(5(9)10)1-2-4(7)8;;/h2*3H,1-2,6H2,(H,7,8)(H,9,10);1H;/q;;;+2/p-2/t2*3-;;/m00../s1. The summed E-state index contributed by atoms with van der Waals surface area (Å²) in [5.41, 5.74) is 9.88. The van der Waals surface area contributed by atoms with Crippen LogP contribution in [0.5, 0.6) is 0 Å². The summed E-state index contributed by atoms with van der Waals surface area (Å²) < 4.78 is 0. The van der Waals surface area contributed by atoms with Crippen molar-refractivity contribution in [3.8, 4) is 0 Å². The smallest absolute Gasteiger partial charge is 0.548 e. The third-order valence-electron chi connectivity index (χ3n) is 1.94. The summed E-state index contributed by atoms with van der Waals surface area (Å²) >= 11 is 0. The molecular weight excluding hydrogens is 336 g/mol. The van der Waals surface area contributed by atoms with E-state index in [9.17, 15) is 29.4 Å². The number of carboxylic acid groups (broad SMARTS) is 4. The SMILES string of the molecule is Cl.N[C@@H](CCC(=O)O)C(=O)[O-].N[C@@H](CCC(=O)O)C(=O)[O-].[Mg+2]. The Morgan fingerprint density at radius 3 is 1.18 bits per heavy atom. The fourth-order valence-corrected chi connectivity index (χ4v) is 0.794. The molecule has 0 aliphatic carbocycles. The first-order chi connectivity index (χ1) is 9.07. The summed E-state index contributed by atoms with van der Waals surface area (Å²) in [4.78, 5) is 39.5. The van der Waals surface area contributed by atoms with E-state index in [1.54, 1.807) is 0 Å². The maximum atomic E-state index is 9.88. The Bertz CT molecular complexity index is 335. The van der Waals surface area contributed by atoms with Gasteiger partial charge in [-0.2, -0.15) is 0 Å². The minimum Gasteiger partial charge on any atom is -0.548 e. The van der Waals surface area contributed by atoms with E-state index in [4.69, 9.17) is 21.7 Å². The van der Waals surface area contributed by atoms with Crippen molar-refractivity contribution in [2.75, 3.05) is 0 Å². The average molecular weight is 353 g/mol. The Labute approximate surface area is 148 Å². The van der Waals surface area contributed by atoms with E-state index in [1.807, 2.05) is 0 Å². The molecule has 0 heterocycles. The molecule has 22 heavy (non-hydrogen) atoms. The number of carboxylic acids is 4. The van der Waals surface area contributed by atoms with E-state index in [1.165, 1.54) is 0 Å². The largest absolute Gasteiger partial charge is 2.00 e. The first-order valence-electron chi connectivity index (χ1n) is 5.44. The van der Waals surface area contributed by atoms with Crippen LogP contribution in [0.2, 0.25) is 0 Å². The monoisotopic (exact) mass is 352 g/mol. The minimum atomic E-state index is -1.42. The number of hydrogen-bond acceptors (Lipinski definition) is 8. The fourth-order valence-electron chi connectivity index (χ4n) is 0.794. The third kappa shape index (κ3) is 21.2. The molecule has 0 aromatic carbocycles. The number of halogens is 1. The zero-order chi connectivity index (χ0) is 16.3. The molecule has 2 atom stereocenters. The van der Waals surface area contributed by atoms with Crippen molar-refractivity contribution in [1.29, 1.82) is 0 Å². The molecule has 10 nitrogen and oxygen atoms in total. The van der Waals surface area contributed by atoms with Gasteiger partial charge in [0.15, 0.2) is 0 Å². The van der Waals surface area contributed by atoms with Crippen LogP contribution in [0, 0.1) is 0 Å². The van der Waals surface area contributed by atoms with Gasteiger partial charge < -0.3 is 41.5 Å². The Morgan fingerprint density at radius 2 is 1.05 bits per heavy atom. The number of aliphatic carboxylic acids is 4. The van der Waals surface area contributed by atoms with Crippen LogP contribution in [0.25, 0.3) is 0 Å². The summed E-state index contributed by atoms with van der Waals surface area (Å²) in [6.07, 6.45) is -0.653. The van der Waals surface area contributed by atoms with Crippen LogP contribution in [0.3, 0.4) is 0 Å². The zero-order valence-corrected chi connectivity index (χ0v) is 13.8. The first kappa shape index (κ1) is 28.9. The second-order valence-corrected chi connectivity index (χ2v) is 3.72. The van der Waals surface area contributed by atoms with Crippen LogP contribution in [0.1, 0.15) is 25.7 Å². The molecule has 0 spiro atoms. The molecule has 0 saturated heterocycles. The third-order valence-corrected chi connectivity index (χ3v) is 1.94. The van der Waals surface area contributed by atoms with E-state index in [0.29, 0.717) is 0 Å². The van der Waals surface area contributed by atoms with Gasteiger partial charge in [0.05, 0.1) is 11.9 Å². The molecule has 0 aromatic heterocycles. The minimum absolute atomic E-state index is 0. The van der Waals surface area contributed by atoms with Gasteiger partial charge in [0.2, 0.25) is 0 Å². The molecule has 0 aliphatic rings. The predicted molar refractivity (Wildman–Crippen MR) is 72.7 cm³/mol. The van der Waals surface area contributed by atoms with Crippen molar-refractivity contribution >= 4 is 59.3 Å². The molecule has 0 unspecified atom stereocenters. The van der Waals surface area contributed by atoms with Gasteiger partial charge in [-0.05, 0) is 12.8 Å². The number of carbonyl (C=O) groups excluding carboxylic acids is 2. The molecule has 0 bridgehead atoms. The van der Waals surface area contributed by atoms with Crippen molar-refractivity contribution in [3.63, 3.8) is 0 Å².